The maximum absolute atomic E-state index is 9.55. The van der Waals surface area contributed by atoms with Crippen molar-refractivity contribution >= 4 is 0 Å². The lowest BCUT2D eigenvalue weighted by Gasteiger charge is -2.07. The average molecular weight is 205 g/mol. The second-order valence-corrected chi connectivity index (χ2v) is 3.13. The first-order chi connectivity index (χ1) is 7.27. The van der Waals surface area contributed by atoms with Crippen LogP contribution < -0.4 is 10.1 Å². The van der Waals surface area contributed by atoms with E-state index in [1.165, 1.54) is 0 Å². The minimum Gasteiger partial charge on any atom is -0.508 e. The van der Waals surface area contributed by atoms with Crippen LogP contribution in [-0.4, -0.2) is 18.8 Å². The van der Waals surface area contributed by atoms with Crippen LogP contribution in [0.25, 0.3) is 0 Å². The molecule has 0 radical (unpaired) electrons. The number of methoxy groups -OCH3 is 1. The van der Waals surface area contributed by atoms with Gasteiger partial charge >= 0.3 is 0 Å². The Labute approximate surface area is 90.1 Å². The average Bonchev–Trinajstić information content (AvgIpc) is 2.26. The summed E-state index contributed by atoms with van der Waals surface area (Å²) in [6.07, 6.45) is 5.81. The molecule has 15 heavy (non-hydrogen) atoms. The quantitative estimate of drug-likeness (QED) is 0.565. The molecule has 0 aliphatic heterocycles. The molecule has 0 aliphatic carbocycles. The summed E-state index contributed by atoms with van der Waals surface area (Å²) < 4.78 is 5.07. The molecule has 0 atom stereocenters. The van der Waals surface area contributed by atoms with Gasteiger partial charge in [0.2, 0.25) is 0 Å². The predicted molar refractivity (Wildman–Crippen MR) is 59.8 cm³/mol. The standard InChI is InChI=1S/C12H15NO2/c1-3-4-7-13-9-10-8-11(15-2)5-6-12(10)14/h1,5-6,8,13-14H,4,7,9H2,2H3. The molecule has 1 rings (SSSR count). The lowest BCUT2D eigenvalue weighted by molar-refractivity contribution is 0.410. The first-order valence-electron chi connectivity index (χ1n) is 4.78. The Kier molecular flexibility index (Phi) is 4.52. The lowest BCUT2D eigenvalue weighted by atomic mass is 10.2. The summed E-state index contributed by atoms with van der Waals surface area (Å²) in [7, 11) is 1.60. The number of nitrogens with one attached hydrogen (secondary N) is 1. The van der Waals surface area contributed by atoms with Gasteiger partial charge in [0.1, 0.15) is 11.5 Å². The number of hydrogen-bond acceptors (Lipinski definition) is 3. The van der Waals surface area contributed by atoms with E-state index in [1.807, 2.05) is 0 Å². The van der Waals surface area contributed by atoms with Gasteiger partial charge in [-0.15, -0.1) is 12.3 Å². The Morgan fingerprint density at radius 1 is 1.53 bits per heavy atom. The van der Waals surface area contributed by atoms with Gasteiger partial charge in [0.25, 0.3) is 0 Å². The molecule has 2 N–H and O–H groups in total. The smallest absolute Gasteiger partial charge is 0.120 e. The summed E-state index contributed by atoms with van der Waals surface area (Å²) in [5.41, 5.74) is 0.811. The first kappa shape index (κ1) is 11.4. The summed E-state index contributed by atoms with van der Waals surface area (Å²) in [5.74, 6) is 3.55. The van der Waals surface area contributed by atoms with Crippen LogP contribution in [0.3, 0.4) is 0 Å². The molecule has 80 valence electrons. The summed E-state index contributed by atoms with van der Waals surface area (Å²) in [4.78, 5) is 0. The zero-order valence-corrected chi connectivity index (χ0v) is 8.79. The van der Waals surface area contributed by atoms with E-state index in [0.29, 0.717) is 13.0 Å². The van der Waals surface area contributed by atoms with E-state index in [4.69, 9.17) is 11.2 Å². The van der Waals surface area contributed by atoms with Crippen molar-refractivity contribution < 1.29 is 9.84 Å². The Balaban J connectivity index is 2.56. The molecule has 3 heteroatoms. The fourth-order valence-corrected chi connectivity index (χ4v) is 1.21. The van der Waals surface area contributed by atoms with Gasteiger partial charge in [-0.05, 0) is 18.2 Å². The Morgan fingerprint density at radius 2 is 2.33 bits per heavy atom. The van der Waals surface area contributed by atoms with Crippen LogP contribution in [0, 0.1) is 12.3 Å². The molecular formula is C12H15NO2. The van der Waals surface area contributed by atoms with Crippen LogP contribution in [0.2, 0.25) is 0 Å². The van der Waals surface area contributed by atoms with Crippen molar-refractivity contribution in [1.82, 2.24) is 5.32 Å². The van der Waals surface area contributed by atoms with Crippen molar-refractivity contribution in [2.45, 2.75) is 13.0 Å². The molecule has 0 saturated carbocycles. The fourth-order valence-electron chi connectivity index (χ4n) is 1.21. The SMILES string of the molecule is C#CCCNCc1cc(OC)ccc1O. The van der Waals surface area contributed by atoms with E-state index in [0.717, 1.165) is 17.9 Å². The third-order valence-corrected chi connectivity index (χ3v) is 2.05. The number of phenolic OH excluding ortho intramolecular Hbond substituents is 1. The highest BCUT2D eigenvalue weighted by atomic mass is 16.5. The largest absolute Gasteiger partial charge is 0.508 e. The van der Waals surface area contributed by atoms with E-state index in [1.54, 1.807) is 25.3 Å². The van der Waals surface area contributed by atoms with Crippen molar-refractivity contribution in [3.05, 3.63) is 23.8 Å². The number of ether oxygens (including phenoxy) is 1. The van der Waals surface area contributed by atoms with Crippen LogP contribution in [0.15, 0.2) is 18.2 Å². The second-order valence-electron chi connectivity index (χ2n) is 3.13. The molecule has 0 fully saturated rings. The number of terminal acetylenes is 1. The maximum atomic E-state index is 9.55. The first-order valence-corrected chi connectivity index (χ1v) is 4.78. The summed E-state index contributed by atoms with van der Waals surface area (Å²) in [6, 6.07) is 5.15. The van der Waals surface area contributed by atoms with E-state index in [2.05, 4.69) is 11.2 Å². The number of aromatic hydroxyl groups is 1. The van der Waals surface area contributed by atoms with E-state index in [-0.39, 0.29) is 5.75 Å². The van der Waals surface area contributed by atoms with E-state index in [9.17, 15) is 5.11 Å². The second kappa shape index (κ2) is 5.94. The molecule has 0 aromatic heterocycles. The van der Waals surface area contributed by atoms with Crippen molar-refractivity contribution in [3.8, 4) is 23.8 Å². The van der Waals surface area contributed by atoms with Crippen molar-refractivity contribution in [2.75, 3.05) is 13.7 Å². The number of benzene rings is 1. The van der Waals surface area contributed by atoms with Gasteiger partial charge in [0.05, 0.1) is 7.11 Å². The molecule has 0 amide bonds. The van der Waals surface area contributed by atoms with Gasteiger partial charge in [-0.2, -0.15) is 0 Å². The van der Waals surface area contributed by atoms with Gasteiger partial charge in [-0.1, -0.05) is 0 Å². The molecule has 0 saturated heterocycles. The van der Waals surface area contributed by atoms with Gasteiger partial charge in [-0.25, -0.2) is 0 Å². The minimum absolute atomic E-state index is 0.268. The van der Waals surface area contributed by atoms with Gasteiger partial charge in [0.15, 0.2) is 0 Å². The van der Waals surface area contributed by atoms with Crippen molar-refractivity contribution in [1.29, 1.82) is 0 Å². The van der Waals surface area contributed by atoms with Gasteiger partial charge < -0.3 is 15.2 Å². The van der Waals surface area contributed by atoms with Crippen molar-refractivity contribution in [2.24, 2.45) is 0 Å². The number of hydrogen-bond donors (Lipinski definition) is 2. The third kappa shape index (κ3) is 3.53. The monoisotopic (exact) mass is 205 g/mol. The number of rotatable bonds is 5. The van der Waals surface area contributed by atoms with Crippen LogP contribution in [0.1, 0.15) is 12.0 Å². The lowest BCUT2D eigenvalue weighted by Crippen LogP contribution is -2.14. The van der Waals surface area contributed by atoms with Crippen LogP contribution in [0.4, 0.5) is 0 Å². The fraction of sp³-hybridized carbons (Fsp3) is 0.333. The van der Waals surface area contributed by atoms with Gasteiger partial charge in [-0.3, -0.25) is 0 Å². The molecule has 0 bridgehead atoms. The van der Waals surface area contributed by atoms with Crippen LogP contribution in [-0.2, 0) is 6.54 Å². The Hall–Kier alpha value is -1.66. The molecule has 0 heterocycles. The summed E-state index contributed by atoms with van der Waals surface area (Å²) in [6.45, 7) is 1.33. The minimum atomic E-state index is 0.268. The number of phenols is 1. The van der Waals surface area contributed by atoms with Crippen LogP contribution in [0.5, 0.6) is 11.5 Å². The Bertz CT molecular complexity index is 355. The molecule has 1 aromatic carbocycles. The normalized spacial score (nSPS) is 9.60. The van der Waals surface area contributed by atoms with E-state index < -0.39 is 0 Å². The predicted octanol–water partition coefficient (Wildman–Crippen LogP) is 1.51. The topological polar surface area (TPSA) is 41.5 Å². The third-order valence-electron chi connectivity index (χ3n) is 2.05. The van der Waals surface area contributed by atoms with Crippen molar-refractivity contribution in [3.63, 3.8) is 0 Å². The molecule has 0 spiro atoms. The molecule has 0 unspecified atom stereocenters. The molecular weight excluding hydrogens is 190 g/mol. The molecule has 0 aliphatic rings. The zero-order chi connectivity index (χ0) is 11.1. The highest BCUT2D eigenvalue weighted by Gasteiger charge is 2.02. The molecule has 3 nitrogen and oxygen atoms in total. The van der Waals surface area contributed by atoms with E-state index >= 15 is 0 Å². The summed E-state index contributed by atoms with van der Waals surface area (Å²) >= 11 is 0. The van der Waals surface area contributed by atoms with Gasteiger partial charge in [0, 0.05) is 25.1 Å². The summed E-state index contributed by atoms with van der Waals surface area (Å²) in [5, 5.41) is 12.7. The maximum Gasteiger partial charge on any atom is 0.120 e. The highest BCUT2D eigenvalue weighted by molar-refractivity contribution is 5.39. The molecule has 1 aromatic rings. The zero-order valence-electron chi connectivity index (χ0n) is 8.79. The Morgan fingerprint density at radius 3 is 3.00 bits per heavy atom. The highest BCUT2D eigenvalue weighted by Crippen LogP contribution is 2.22. The van der Waals surface area contributed by atoms with Crippen LogP contribution >= 0.6 is 0 Å².